The van der Waals surface area contributed by atoms with E-state index in [1.54, 1.807) is 0 Å². The lowest BCUT2D eigenvalue weighted by molar-refractivity contribution is 0.480. The Kier molecular flexibility index (Phi) is 2.50. The summed E-state index contributed by atoms with van der Waals surface area (Å²) in [6, 6.07) is 12.8. The SMILES string of the molecule is Cc1ccc2ccc3c4c(cc(O)c3c2c1)CCCC4. The Hall–Kier alpha value is -2.02. The molecule has 0 radical (unpaired) electrons. The quantitative estimate of drug-likeness (QED) is 0.572. The van der Waals surface area contributed by atoms with Crippen LogP contribution < -0.4 is 0 Å². The predicted molar refractivity (Wildman–Crippen MR) is 84.5 cm³/mol. The topological polar surface area (TPSA) is 20.2 Å². The van der Waals surface area contributed by atoms with Crippen molar-refractivity contribution in [2.24, 2.45) is 0 Å². The summed E-state index contributed by atoms with van der Waals surface area (Å²) in [5, 5.41) is 15.2. The zero-order valence-corrected chi connectivity index (χ0v) is 11.7. The second kappa shape index (κ2) is 4.24. The van der Waals surface area contributed by atoms with Gasteiger partial charge in [-0.05, 0) is 66.0 Å². The van der Waals surface area contributed by atoms with Crippen molar-refractivity contribution in [3.63, 3.8) is 0 Å². The van der Waals surface area contributed by atoms with Crippen molar-refractivity contribution in [3.05, 3.63) is 53.1 Å². The van der Waals surface area contributed by atoms with Crippen LogP contribution in [0.1, 0.15) is 29.5 Å². The van der Waals surface area contributed by atoms with Gasteiger partial charge >= 0.3 is 0 Å². The smallest absolute Gasteiger partial charge is 0.124 e. The van der Waals surface area contributed by atoms with Gasteiger partial charge < -0.3 is 5.11 Å². The third-order valence-corrected chi connectivity index (χ3v) is 4.58. The molecule has 0 amide bonds. The van der Waals surface area contributed by atoms with Crippen molar-refractivity contribution < 1.29 is 5.11 Å². The minimum Gasteiger partial charge on any atom is -0.507 e. The van der Waals surface area contributed by atoms with E-state index in [0.29, 0.717) is 5.75 Å². The van der Waals surface area contributed by atoms with Gasteiger partial charge in [0.15, 0.2) is 0 Å². The van der Waals surface area contributed by atoms with Gasteiger partial charge in [-0.15, -0.1) is 0 Å². The van der Waals surface area contributed by atoms with Crippen molar-refractivity contribution in [1.29, 1.82) is 0 Å². The molecule has 0 atom stereocenters. The van der Waals surface area contributed by atoms with Crippen LogP contribution in [-0.2, 0) is 12.8 Å². The van der Waals surface area contributed by atoms with Crippen LogP contribution in [0.3, 0.4) is 0 Å². The van der Waals surface area contributed by atoms with Gasteiger partial charge in [0.1, 0.15) is 5.75 Å². The number of phenols is 1. The zero-order chi connectivity index (χ0) is 13.7. The van der Waals surface area contributed by atoms with Gasteiger partial charge in [0.2, 0.25) is 0 Å². The van der Waals surface area contributed by atoms with Gasteiger partial charge in [0, 0.05) is 5.39 Å². The predicted octanol–water partition coefficient (Wildman–Crippen LogP) is 4.89. The van der Waals surface area contributed by atoms with E-state index in [-0.39, 0.29) is 0 Å². The average molecular weight is 262 g/mol. The van der Waals surface area contributed by atoms with Crippen LogP contribution in [0.25, 0.3) is 21.5 Å². The first-order chi connectivity index (χ1) is 9.74. The van der Waals surface area contributed by atoms with Crippen LogP contribution in [-0.4, -0.2) is 5.11 Å². The van der Waals surface area contributed by atoms with Crippen molar-refractivity contribution in [1.82, 2.24) is 0 Å². The Morgan fingerprint density at radius 1 is 0.900 bits per heavy atom. The number of aromatic hydroxyl groups is 1. The van der Waals surface area contributed by atoms with Crippen LogP contribution in [0.15, 0.2) is 36.4 Å². The summed E-state index contributed by atoms with van der Waals surface area (Å²) in [5.74, 6) is 0.442. The van der Waals surface area contributed by atoms with Crippen LogP contribution in [0.4, 0.5) is 0 Å². The minimum absolute atomic E-state index is 0.442. The van der Waals surface area contributed by atoms with Gasteiger partial charge in [-0.2, -0.15) is 0 Å². The van der Waals surface area contributed by atoms with Crippen LogP contribution in [0.5, 0.6) is 5.75 Å². The molecular formula is C19H18O. The molecular weight excluding hydrogens is 244 g/mol. The second-order valence-electron chi connectivity index (χ2n) is 5.95. The number of rotatable bonds is 0. The van der Waals surface area contributed by atoms with E-state index in [0.717, 1.165) is 18.2 Å². The maximum Gasteiger partial charge on any atom is 0.124 e. The first-order valence-electron chi connectivity index (χ1n) is 7.41. The van der Waals surface area contributed by atoms with Crippen molar-refractivity contribution >= 4 is 21.5 Å². The summed E-state index contributed by atoms with van der Waals surface area (Å²) in [4.78, 5) is 0. The molecule has 1 heteroatoms. The third kappa shape index (κ3) is 1.62. The normalized spacial score (nSPS) is 14.7. The van der Waals surface area contributed by atoms with E-state index in [1.165, 1.54) is 45.7 Å². The van der Waals surface area contributed by atoms with Gasteiger partial charge in [-0.1, -0.05) is 35.9 Å². The molecule has 0 aliphatic heterocycles. The van der Waals surface area contributed by atoms with E-state index in [2.05, 4.69) is 37.3 Å². The highest BCUT2D eigenvalue weighted by Crippen LogP contribution is 2.39. The zero-order valence-electron chi connectivity index (χ0n) is 11.7. The molecule has 0 unspecified atom stereocenters. The van der Waals surface area contributed by atoms with E-state index in [1.807, 2.05) is 6.07 Å². The highest BCUT2D eigenvalue weighted by atomic mass is 16.3. The van der Waals surface area contributed by atoms with Gasteiger partial charge in [0.05, 0.1) is 0 Å². The highest BCUT2D eigenvalue weighted by molar-refractivity contribution is 6.12. The molecule has 0 saturated heterocycles. The fraction of sp³-hybridized carbons (Fsp3) is 0.263. The summed E-state index contributed by atoms with van der Waals surface area (Å²) in [6.45, 7) is 2.10. The molecule has 0 bridgehead atoms. The number of hydrogen-bond acceptors (Lipinski definition) is 1. The van der Waals surface area contributed by atoms with Crippen molar-refractivity contribution in [2.75, 3.05) is 0 Å². The van der Waals surface area contributed by atoms with E-state index < -0.39 is 0 Å². The highest BCUT2D eigenvalue weighted by Gasteiger charge is 2.16. The molecule has 4 rings (SSSR count). The average Bonchev–Trinajstić information content (AvgIpc) is 2.46. The van der Waals surface area contributed by atoms with E-state index in [4.69, 9.17) is 0 Å². The Morgan fingerprint density at radius 3 is 2.60 bits per heavy atom. The summed E-state index contributed by atoms with van der Waals surface area (Å²) in [5.41, 5.74) is 4.03. The molecule has 20 heavy (non-hydrogen) atoms. The second-order valence-corrected chi connectivity index (χ2v) is 5.95. The maximum atomic E-state index is 10.5. The third-order valence-electron chi connectivity index (χ3n) is 4.58. The van der Waals surface area contributed by atoms with Gasteiger partial charge in [-0.25, -0.2) is 0 Å². The van der Waals surface area contributed by atoms with Gasteiger partial charge in [0.25, 0.3) is 0 Å². The molecule has 0 spiro atoms. The Bertz CT molecular complexity index is 830. The lowest BCUT2D eigenvalue weighted by Crippen LogP contribution is -2.03. The standard InChI is InChI=1S/C19H18O/c1-12-6-7-13-8-9-16-15-5-3-2-4-14(15)11-18(20)19(16)17(13)10-12/h6-11,20H,2-5H2,1H3. The summed E-state index contributed by atoms with van der Waals surface area (Å²) >= 11 is 0. The Balaban J connectivity index is 2.19. The fourth-order valence-corrected chi connectivity index (χ4v) is 3.59. The minimum atomic E-state index is 0.442. The molecule has 1 aliphatic carbocycles. The van der Waals surface area contributed by atoms with Crippen molar-refractivity contribution in [3.8, 4) is 5.75 Å². The molecule has 1 aliphatic rings. The molecule has 0 heterocycles. The van der Waals surface area contributed by atoms with Crippen molar-refractivity contribution in [2.45, 2.75) is 32.6 Å². The summed E-state index contributed by atoms with van der Waals surface area (Å²) < 4.78 is 0. The summed E-state index contributed by atoms with van der Waals surface area (Å²) in [7, 11) is 0. The molecule has 1 N–H and O–H groups in total. The lowest BCUT2D eigenvalue weighted by Gasteiger charge is -2.20. The van der Waals surface area contributed by atoms with E-state index in [9.17, 15) is 5.11 Å². The number of benzene rings is 3. The number of fused-ring (bicyclic) bond motifs is 5. The Labute approximate surface area is 118 Å². The molecule has 100 valence electrons. The van der Waals surface area contributed by atoms with E-state index >= 15 is 0 Å². The molecule has 0 saturated carbocycles. The number of aryl methyl sites for hydroxylation is 3. The molecule has 0 fully saturated rings. The monoisotopic (exact) mass is 262 g/mol. The fourth-order valence-electron chi connectivity index (χ4n) is 3.59. The van der Waals surface area contributed by atoms with Crippen LogP contribution in [0, 0.1) is 6.92 Å². The number of hydrogen-bond donors (Lipinski definition) is 1. The molecule has 0 aromatic heterocycles. The maximum absolute atomic E-state index is 10.5. The lowest BCUT2D eigenvalue weighted by atomic mass is 9.86. The number of phenolic OH excluding ortho intramolecular Hbond substituents is 1. The largest absolute Gasteiger partial charge is 0.507 e. The molecule has 1 nitrogen and oxygen atoms in total. The first-order valence-corrected chi connectivity index (χ1v) is 7.41. The van der Waals surface area contributed by atoms with Crippen LogP contribution >= 0.6 is 0 Å². The summed E-state index contributed by atoms with van der Waals surface area (Å²) in [6.07, 6.45) is 4.75. The Morgan fingerprint density at radius 2 is 1.70 bits per heavy atom. The molecule has 3 aromatic rings. The van der Waals surface area contributed by atoms with Crippen LogP contribution in [0.2, 0.25) is 0 Å². The van der Waals surface area contributed by atoms with Gasteiger partial charge in [-0.3, -0.25) is 0 Å². The molecule has 3 aromatic carbocycles. The first kappa shape index (κ1) is 11.8.